The number of amides is 1. The summed E-state index contributed by atoms with van der Waals surface area (Å²) in [6, 6.07) is 11.8. The molecule has 0 atom stereocenters. The van der Waals surface area contributed by atoms with Gasteiger partial charge in [-0.05, 0) is 22.4 Å². The molecule has 0 aliphatic heterocycles. The third-order valence-corrected chi connectivity index (χ3v) is 3.16. The van der Waals surface area contributed by atoms with E-state index in [2.05, 4.69) is 21.4 Å². The molecule has 0 aliphatic rings. The summed E-state index contributed by atoms with van der Waals surface area (Å²) in [7, 11) is 0. The van der Waals surface area contributed by atoms with Crippen LogP contribution in [0.15, 0.2) is 40.9 Å². The summed E-state index contributed by atoms with van der Waals surface area (Å²) >= 11 is 3.49. The molecule has 0 radical (unpaired) electrons. The molecule has 0 saturated carbocycles. The SMILES string of the molecule is NNC(=O)Cc1ccc(Br)c2ccccc12. The Balaban J connectivity index is 2.54. The van der Waals surface area contributed by atoms with Crippen molar-refractivity contribution in [1.82, 2.24) is 5.43 Å². The molecule has 2 aromatic rings. The summed E-state index contributed by atoms with van der Waals surface area (Å²) in [4.78, 5) is 11.3. The summed E-state index contributed by atoms with van der Waals surface area (Å²) in [5.41, 5.74) is 3.12. The Bertz CT molecular complexity index is 540. The molecule has 2 rings (SSSR count). The summed E-state index contributed by atoms with van der Waals surface area (Å²) in [6.07, 6.45) is 0.296. The maximum absolute atomic E-state index is 11.3. The number of halogens is 1. The second-order valence-electron chi connectivity index (χ2n) is 3.50. The number of fused-ring (bicyclic) bond motifs is 1. The number of hydrazine groups is 1. The molecule has 1 amide bonds. The van der Waals surface area contributed by atoms with Gasteiger partial charge in [-0.2, -0.15) is 0 Å². The highest BCUT2D eigenvalue weighted by atomic mass is 79.9. The van der Waals surface area contributed by atoms with Gasteiger partial charge in [-0.25, -0.2) is 5.84 Å². The Kier molecular flexibility index (Phi) is 3.22. The van der Waals surface area contributed by atoms with E-state index in [0.29, 0.717) is 6.42 Å². The van der Waals surface area contributed by atoms with E-state index in [-0.39, 0.29) is 5.91 Å². The standard InChI is InChI=1S/C12H11BrN2O/c13-11-6-5-8(7-12(16)15-14)9-3-1-2-4-10(9)11/h1-6H,7,14H2,(H,15,16). The smallest absolute Gasteiger partial charge is 0.238 e. The van der Waals surface area contributed by atoms with Crippen molar-refractivity contribution in [3.8, 4) is 0 Å². The first-order valence-electron chi connectivity index (χ1n) is 4.88. The first-order chi connectivity index (χ1) is 7.72. The lowest BCUT2D eigenvalue weighted by atomic mass is 10.0. The second-order valence-corrected chi connectivity index (χ2v) is 4.35. The fourth-order valence-electron chi connectivity index (χ4n) is 1.70. The van der Waals surface area contributed by atoms with Gasteiger partial charge in [-0.3, -0.25) is 10.2 Å². The number of carbonyl (C=O) groups is 1. The van der Waals surface area contributed by atoms with Crippen LogP contribution in [0.4, 0.5) is 0 Å². The van der Waals surface area contributed by atoms with Crippen LogP contribution in [-0.2, 0) is 11.2 Å². The molecule has 0 fully saturated rings. The van der Waals surface area contributed by atoms with Crippen molar-refractivity contribution in [2.45, 2.75) is 6.42 Å². The molecular formula is C12H11BrN2O. The average Bonchev–Trinajstić information content (AvgIpc) is 2.33. The van der Waals surface area contributed by atoms with Gasteiger partial charge in [0.05, 0.1) is 6.42 Å². The summed E-state index contributed by atoms with van der Waals surface area (Å²) in [5, 5.41) is 2.17. The van der Waals surface area contributed by atoms with E-state index >= 15 is 0 Å². The van der Waals surface area contributed by atoms with Crippen molar-refractivity contribution >= 4 is 32.6 Å². The largest absolute Gasteiger partial charge is 0.294 e. The molecule has 2 aromatic carbocycles. The number of rotatable bonds is 2. The minimum absolute atomic E-state index is 0.188. The number of benzene rings is 2. The first kappa shape index (κ1) is 11.1. The summed E-state index contributed by atoms with van der Waals surface area (Å²) in [6.45, 7) is 0. The van der Waals surface area contributed by atoms with Crippen molar-refractivity contribution in [2.24, 2.45) is 5.84 Å². The molecule has 0 spiro atoms. The highest BCUT2D eigenvalue weighted by Crippen LogP contribution is 2.26. The number of hydrogen-bond donors (Lipinski definition) is 2. The molecule has 82 valence electrons. The molecule has 3 nitrogen and oxygen atoms in total. The molecular weight excluding hydrogens is 268 g/mol. The zero-order valence-electron chi connectivity index (χ0n) is 8.53. The molecule has 3 N–H and O–H groups in total. The highest BCUT2D eigenvalue weighted by Gasteiger charge is 2.07. The Morgan fingerprint density at radius 1 is 1.19 bits per heavy atom. The molecule has 0 aliphatic carbocycles. The van der Waals surface area contributed by atoms with Gasteiger partial charge in [0.1, 0.15) is 0 Å². The van der Waals surface area contributed by atoms with Crippen LogP contribution in [0.1, 0.15) is 5.56 Å². The lowest BCUT2D eigenvalue weighted by molar-refractivity contribution is -0.120. The van der Waals surface area contributed by atoms with Crippen LogP contribution < -0.4 is 11.3 Å². The van der Waals surface area contributed by atoms with Crippen molar-refractivity contribution < 1.29 is 4.79 Å². The van der Waals surface area contributed by atoms with Gasteiger partial charge in [0, 0.05) is 4.47 Å². The summed E-state index contributed by atoms with van der Waals surface area (Å²) in [5.74, 6) is 4.90. The van der Waals surface area contributed by atoms with Crippen molar-refractivity contribution in [2.75, 3.05) is 0 Å². The van der Waals surface area contributed by atoms with Crippen LogP contribution in [0.25, 0.3) is 10.8 Å². The van der Waals surface area contributed by atoms with E-state index < -0.39 is 0 Å². The van der Waals surface area contributed by atoms with Crippen LogP contribution in [0.5, 0.6) is 0 Å². The van der Waals surface area contributed by atoms with Crippen molar-refractivity contribution in [3.05, 3.63) is 46.4 Å². The minimum Gasteiger partial charge on any atom is -0.294 e. The van der Waals surface area contributed by atoms with Crippen molar-refractivity contribution in [3.63, 3.8) is 0 Å². The molecule has 0 saturated heterocycles. The van der Waals surface area contributed by atoms with Gasteiger partial charge in [0.25, 0.3) is 0 Å². The van der Waals surface area contributed by atoms with E-state index in [4.69, 9.17) is 5.84 Å². The van der Waals surface area contributed by atoms with Gasteiger partial charge in [0.2, 0.25) is 5.91 Å². The van der Waals surface area contributed by atoms with Gasteiger partial charge in [-0.15, -0.1) is 0 Å². The fraction of sp³-hybridized carbons (Fsp3) is 0.0833. The lowest BCUT2D eigenvalue weighted by Gasteiger charge is -2.07. The predicted octanol–water partition coefficient (Wildman–Crippen LogP) is 2.13. The molecule has 0 bridgehead atoms. The van der Waals surface area contributed by atoms with Crippen LogP contribution in [0.2, 0.25) is 0 Å². The van der Waals surface area contributed by atoms with Gasteiger partial charge >= 0.3 is 0 Å². The zero-order chi connectivity index (χ0) is 11.5. The Labute approximate surface area is 102 Å². The number of nitrogens with one attached hydrogen (secondary N) is 1. The van der Waals surface area contributed by atoms with E-state index in [1.807, 2.05) is 36.4 Å². The van der Waals surface area contributed by atoms with Gasteiger partial charge in [0.15, 0.2) is 0 Å². The van der Waals surface area contributed by atoms with Crippen LogP contribution in [0, 0.1) is 0 Å². The third-order valence-electron chi connectivity index (χ3n) is 2.47. The van der Waals surface area contributed by atoms with Crippen LogP contribution in [0.3, 0.4) is 0 Å². The number of nitrogens with two attached hydrogens (primary N) is 1. The number of carbonyl (C=O) groups excluding carboxylic acids is 1. The maximum Gasteiger partial charge on any atom is 0.238 e. The van der Waals surface area contributed by atoms with Crippen molar-refractivity contribution in [1.29, 1.82) is 0 Å². The normalized spacial score (nSPS) is 10.4. The average molecular weight is 279 g/mol. The quantitative estimate of drug-likeness (QED) is 0.502. The molecule has 0 aromatic heterocycles. The third kappa shape index (κ3) is 2.08. The zero-order valence-corrected chi connectivity index (χ0v) is 10.1. The van der Waals surface area contributed by atoms with E-state index in [0.717, 1.165) is 20.8 Å². The Morgan fingerprint density at radius 3 is 2.56 bits per heavy atom. The predicted molar refractivity (Wildman–Crippen MR) is 67.7 cm³/mol. The fourth-order valence-corrected chi connectivity index (χ4v) is 2.18. The molecule has 4 heteroatoms. The van der Waals surface area contributed by atoms with E-state index in [9.17, 15) is 4.79 Å². The highest BCUT2D eigenvalue weighted by molar-refractivity contribution is 9.10. The number of hydrogen-bond acceptors (Lipinski definition) is 2. The lowest BCUT2D eigenvalue weighted by Crippen LogP contribution is -2.31. The topological polar surface area (TPSA) is 55.1 Å². The summed E-state index contributed by atoms with van der Waals surface area (Å²) < 4.78 is 1.03. The van der Waals surface area contributed by atoms with Gasteiger partial charge < -0.3 is 0 Å². The monoisotopic (exact) mass is 278 g/mol. The maximum atomic E-state index is 11.3. The van der Waals surface area contributed by atoms with Gasteiger partial charge in [-0.1, -0.05) is 46.3 Å². The molecule has 0 unspecified atom stereocenters. The van der Waals surface area contributed by atoms with E-state index in [1.54, 1.807) is 0 Å². The van der Waals surface area contributed by atoms with E-state index in [1.165, 1.54) is 0 Å². The first-order valence-corrected chi connectivity index (χ1v) is 5.67. The Hall–Kier alpha value is -1.39. The Morgan fingerprint density at radius 2 is 1.88 bits per heavy atom. The molecule has 0 heterocycles. The van der Waals surface area contributed by atoms with Crippen LogP contribution >= 0.6 is 15.9 Å². The van der Waals surface area contributed by atoms with Crippen LogP contribution in [-0.4, -0.2) is 5.91 Å². The minimum atomic E-state index is -0.188. The molecule has 16 heavy (non-hydrogen) atoms. The second kappa shape index (κ2) is 4.63.